The van der Waals surface area contributed by atoms with Gasteiger partial charge in [0.1, 0.15) is 4.90 Å². The van der Waals surface area contributed by atoms with E-state index in [2.05, 4.69) is 4.40 Å². The number of hydrogen-bond donors (Lipinski definition) is 0. The van der Waals surface area contributed by atoms with Gasteiger partial charge in [0.15, 0.2) is 5.84 Å². The molecule has 0 aliphatic carbocycles. The van der Waals surface area contributed by atoms with Crippen LogP contribution in [0.25, 0.3) is 0 Å². The number of carbonyl (C=O) groups excluding carboxylic acids is 2. The Bertz CT molecular complexity index is 1170. The second-order valence-corrected chi connectivity index (χ2v) is 9.63. The largest absolute Gasteiger partial charge is 0.465 e. The first kappa shape index (κ1) is 22.0. The molecule has 2 aliphatic heterocycles. The first-order valence-electron chi connectivity index (χ1n) is 10.4. The van der Waals surface area contributed by atoms with Crippen LogP contribution in [0.15, 0.2) is 57.8 Å². The van der Waals surface area contributed by atoms with E-state index in [0.717, 1.165) is 18.4 Å². The highest BCUT2D eigenvalue weighted by Crippen LogP contribution is 2.30. The fourth-order valence-corrected chi connectivity index (χ4v) is 5.44. The summed E-state index contributed by atoms with van der Waals surface area (Å²) in [4.78, 5) is 28.5. The van der Waals surface area contributed by atoms with E-state index >= 15 is 0 Å². The molecule has 1 amide bonds. The molecule has 0 radical (unpaired) electrons. The van der Waals surface area contributed by atoms with Gasteiger partial charge in [-0.05, 0) is 42.7 Å². The minimum absolute atomic E-state index is 0.00137. The van der Waals surface area contributed by atoms with Gasteiger partial charge >= 0.3 is 5.97 Å². The standard InChI is InChI=1S/C23H25N3O5S/c1-25(14-16-9-11-17(12-10-16)23(28)31-2)22(27)18-6-5-13-26(15-18)21-19-7-3-4-8-20(19)32(29,30)24-21/h3-4,7-12,18H,5-6,13-15H2,1-2H3/t18-/m1/s1. The number of ether oxygens (including phenoxy) is 1. The van der Waals surface area contributed by atoms with Crippen molar-refractivity contribution in [2.75, 3.05) is 27.2 Å². The first-order valence-corrected chi connectivity index (χ1v) is 11.9. The van der Waals surface area contributed by atoms with Crippen LogP contribution in [-0.2, 0) is 26.1 Å². The lowest BCUT2D eigenvalue weighted by molar-refractivity contribution is -0.136. The third-order valence-corrected chi connectivity index (χ3v) is 7.18. The molecule has 0 bridgehead atoms. The van der Waals surface area contributed by atoms with Crippen molar-refractivity contribution in [3.8, 4) is 0 Å². The summed E-state index contributed by atoms with van der Waals surface area (Å²) in [5.74, 6) is -0.219. The maximum absolute atomic E-state index is 13.1. The number of fused-ring (bicyclic) bond motifs is 1. The molecule has 4 rings (SSSR count). The lowest BCUT2D eigenvalue weighted by Gasteiger charge is -2.35. The number of rotatable bonds is 4. The number of amides is 1. The number of likely N-dealkylation sites (tertiary alicyclic amines) is 1. The van der Waals surface area contributed by atoms with Gasteiger partial charge in [-0.15, -0.1) is 4.40 Å². The van der Waals surface area contributed by atoms with E-state index in [4.69, 9.17) is 4.74 Å². The summed E-state index contributed by atoms with van der Waals surface area (Å²) in [5.41, 5.74) is 1.96. The van der Waals surface area contributed by atoms with E-state index in [-0.39, 0.29) is 16.7 Å². The van der Waals surface area contributed by atoms with Crippen LogP contribution < -0.4 is 0 Å². The zero-order valence-corrected chi connectivity index (χ0v) is 18.8. The van der Waals surface area contributed by atoms with E-state index in [0.29, 0.717) is 36.6 Å². The number of nitrogens with zero attached hydrogens (tertiary/aromatic N) is 3. The van der Waals surface area contributed by atoms with Crippen molar-refractivity contribution in [1.29, 1.82) is 0 Å². The monoisotopic (exact) mass is 455 g/mol. The fourth-order valence-electron chi connectivity index (χ4n) is 4.22. The molecular formula is C23H25N3O5S. The van der Waals surface area contributed by atoms with Crippen molar-refractivity contribution in [1.82, 2.24) is 9.80 Å². The van der Waals surface area contributed by atoms with Gasteiger partial charge in [-0.3, -0.25) is 4.79 Å². The summed E-state index contributed by atoms with van der Waals surface area (Å²) >= 11 is 0. The fraction of sp³-hybridized carbons (Fsp3) is 0.348. The van der Waals surface area contributed by atoms with Gasteiger partial charge in [0.25, 0.3) is 10.0 Å². The molecule has 2 aromatic carbocycles. The zero-order valence-electron chi connectivity index (χ0n) is 18.0. The number of amidine groups is 1. The maximum Gasteiger partial charge on any atom is 0.337 e. The topological polar surface area (TPSA) is 96.3 Å². The number of hydrogen-bond acceptors (Lipinski definition) is 6. The van der Waals surface area contributed by atoms with E-state index < -0.39 is 16.0 Å². The third-order valence-electron chi connectivity index (χ3n) is 5.85. The van der Waals surface area contributed by atoms with Crippen LogP contribution >= 0.6 is 0 Å². The van der Waals surface area contributed by atoms with Gasteiger partial charge in [0, 0.05) is 32.2 Å². The quantitative estimate of drug-likeness (QED) is 0.657. The molecule has 9 heteroatoms. The average Bonchev–Trinajstić information content (AvgIpc) is 3.09. The van der Waals surface area contributed by atoms with Crippen LogP contribution in [0, 0.1) is 5.92 Å². The second-order valence-electron chi connectivity index (χ2n) is 8.05. The molecule has 8 nitrogen and oxygen atoms in total. The summed E-state index contributed by atoms with van der Waals surface area (Å²) in [6.07, 6.45) is 1.52. The Morgan fingerprint density at radius 3 is 2.59 bits per heavy atom. The second kappa shape index (κ2) is 8.74. The lowest BCUT2D eigenvalue weighted by Crippen LogP contribution is -2.45. The van der Waals surface area contributed by atoms with E-state index in [1.54, 1.807) is 60.5 Å². The summed E-state index contributed by atoms with van der Waals surface area (Å²) in [7, 11) is -0.606. The molecule has 0 N–H and O–H groups in total. The Hall–Kier alpha value is -3.20. The first-order chi connectivity index (χ1) is 15.3. The van der Waals surface area contributed by atoms with Crippen molar-refractivity contribution in [3.05, 3.63) is 65.2 Å². The minimum atomic E-state index is -3.69. The normalized spacial score (nSPS) is 19.1. The summed E-state index contributed by atoms with van der Waals surface area (Å²) < 4.78 is 33.5. The number of piperidine rings is 1. The van der Waals surface area contributed by atoms with Gasteiger partial charge < -0.3 is 14.5 Å². The van der Waals surface area contributed by atoms with Gasteiger partial charge in [-0.1, -0.05) is 24.3 Å². The summed E-state index contributed by atoms with van der Waals surface area (Å²) in [6.45, 7) is 1.49. The Morgan fingerprint density at radius 2 is 1.88 bits per heavy atom. The number of esters is 1. The van der Waals surface area contributed by atoms with Gasteiger partial charge in [0.05, 0.1) is 18.6 Å². The summed E-state index contributed by atoms with van der Waals surface area (Å²) in [6, 6.07) is 13.8. The van der Waals surface area contributed by atoms with Crippen LogP contribution in [0.1, 0.15) is 34.3 Å². The SMILES string of the molecule is COC(=O)c1ccc(CN(C)C(=O)[C@@H]2CCCN(C3=NS(=O)(=O)c4ccccc43)C2)cc1. The van der Waals surface area contributed by atoms with Crippen molar-refractivity contribution in [2.45, 2.75) is 24.3 Å². The number of sulfonamides is 1. The van der Waals surface area contributed by atoms with Crippen LogP contribution in [0.4, 0.5) is 0 Å². The number of carbonyl (C=O) groups is 2. The third kappa shape index (κ3) is 4.25. The Balaban J connectivity index is 1.44. The van der Waals surface area contributed by atoms with Gasteiger partial charge in [-0.25, -0.2) is 4.79 Å². The van der Waals surface area contributed by atoms with Crippen molar-refractivity contribution >= 4 is 27.7 Å². The zero-order chi connectivity index (χ0) is 22.9. The predicted octanol–water partition coefficient (Wildman–Crippen LogP) is 2.29. The molecule has 2 heterocycles. The van der Waals surface area contributed by atoms with Crippen molar-refractivity contribution in [3.63, 3.8) is 0 Å². The molecular weight excluding hydrogens is 430 g/mol. The molecule has 1 saturated heterocycles. The van der Waals surface area contributed by atoms with Crippen molar-refractivity contribution in [2.24, 2.45) is 10.3 Å². The molecule has 0 aromatic heterocycles. The summed E-state index contributed by atoms with van der Waals surface area (Å²) in [5, 5.41) is 0. The van der Waals surface area contributed by atoms with E-state index in [1.165, 1.54) is 7.11 Å². The van der Waals surface area contributed by atoms with Crippen LogP contribution in [0.2, 0.25) is 0 Å². The molecule has 0 saturated carbocycles. The molecule has 1 atom stereocenters. The Labute approximate surface area is 187 Å². The Morgan fingerprint density at radius 1 is 1.16 bits per heavy atom. The molecule has 0 spiro atoms. The number of methoxy groups -OCH3 is 1. The van der Waals surface area contributed by atoms with E-state index in [9.17, 15) is 18.0 Å². The van der Waals surface area contributed by atoms with E-state index in [1.807, 2.05) is 4.90 Å². The molecule has 2 aromatic rings. The molecule has 32 heavy (non-hydrogen) atoms. The van der Waals surface area contributed by atoms with Crippen LogP contribution in [-0.4, -0.2) is 63.2 Å². The highest BCUT2D eigenvalue weighted by Gasteiger charge is 2.35. The molecule has 168 valence electrons. The molecule has 0 unspecified atom stereocenters. The minimum Gasteiger partial charge on any atom is -0.465 e. The maximum atomic E-state index is 13.1. The average molecular weight is 456 g/mol. The lowest BCUT2D eigenvalue weighted by atomic mass is 9.95. The molecule has 1 fully saturated rings. The van der Waals surface area contributed by atoms with Crippen LogP contribution in [0.5, 0.6) is 0 Å². The van der Waals surface area contributed by atoms with Gasteiger partial charge in [0.2, 0.25) is 5.91 Å². The smallest absolute Gasteiger partial charge is 0.337 e. The number of benzene rings is 2. The predicted molar refractivity (Wildman–Crippen MR) is 119 cm³/mol. The van der Waals surface area contributed by atoms with Gasteiger partial charge in [-0.2, -0.15) is 8.42 Å². The van der Waals surface area contributed by atoms with Crippen molar-refractivity contribution < 1.29 is 22.7 Å². The highest BCUT2D eigenvalue weighted by molar-refractivity contribution is 7.90. The molecule has 2 aliphatic rings. The Kier molecular flexibility index (Phi) is 6.01. The highest BCUT2D eigenvalue weighted by atomic mass is 32.2. The van der Waals surface area contributed by atoms with Crippen LogP contribution in [0.3, 0.4) is 0 Å².